The van der Waals surface area contributed by atoms with E-state index >= 15 is 0 Å². The monoisotopic (exact) mass is 335 g/mol. The topological polar surface area (TPSA) is 47.0 Å². The number of aryl methyl sites for hydroxylation is 1. The first kappa shape index (κ1) is 14.9. The second-order valence-corrected chi connectivity index (χ2v) is 5.43. The van der Waals surface area contributed by atoms with Gasteiger partial charge in [0.1, 0.15) is 5.75 Å². The molecule has 0 atom stereocenters. The molecule has 20 heavy (non-hydrogen) atoms. The maximum absolute atomic E-state index is 5.70. The molecule has 0 unspecified atom stereocenters. The number of ether oxygens (including phenoxy) is 1. The standard InChI is InChI=1S/C15H18BrN3O/c1-3-8-17-10-12-5-7-15(19-18-12)20-14-6-4-11(2)9-13(14)16/h4-7,9,17H,3,8,10H2,1-2H3. The molecule has 0 aliphatic carbocycles. The highest BCUT2D eigenvalue weighted by atomic mass is 79.9. The normalized spacial score (nSPS) is 10.6. The van der Waals surface area contributed by atoms with E-state index in [4.69, 9.17) is 4.74 Å². The molecule has 5 heteroatoms. The van der Waals surface area contributed by atoms with Crippen LogP contribution in [-0.4, -0.2) is 16.7 Å². The van der Waals surface area contributed by atoms with Crippen LogP contribution in [-0.2, 0) is 6.54 Å². The Hall–Kier alpha value is -1.46. The van der Waals surface area contributed by atoms with Crippen molar-refractivity contribution >= 4 is 15.9 Å². The Morgan fingerprint density at radius 2 is 2.05 bits per heavy atom. The van der Waals surface area contributed by atoms with Crippen LogP contribution >= 0.6 is 15.9 Å². The third-order valence-electron chi connectivity index (χ3n) is 2.73. The van der Waals surface area contributed by atoms with Gasteiger partial charge in [-0.05, 0) is 59.6 Å². The molecule has 1 N–H and O–H groups in total. The van der Waals surface area contributed by atoms with Crippen molar-refractivity contribution < 1.29 is 4.74 Å². The summed E-state index contributed by atoms with van der Waals surface area (Å²) in [5.74, 6) is 1.23. The van der Waals surface area contributed by atoms with Crippen LogP contribution in [0.3, 0.4) is 0 Å². The number of halogens is 1. The zero-order valence-corrected chi connectivity index (χ0v) is 13.3. The fraction of sp³-hybridized carbons (Fsp3) is 0.333. The molecule has 2 rings (SSSR count). The Kier molecular flexibility index (Phi) is 5.49. The van der Waals surface area contributed by atoms with E-state index in [1.165, 1.54) is 5.56 Å². The van der Waals surface area contributed by atoms with Gasteiger partial charge in [0, 0.05) is 12.6 Å². The van der Waals surface area contributed by atoms with Gasteiger partial charge < -0.3 is 10.1 Å². The summed E-state index contributed by atoms with van der Waals surface area (Å²) in [6.45, 7) is 5.88. The molecule has 0 fully saturated rings. The smallest absolute Gasteiger partial charge is 0.238 e. The lowest BCUT2D eigenvalue weighted by Crippen LogP contribution is -2.15. The molecule has 0 bridgehead atoms. The highest BCUT2D eigenvalue weighted by Gasteiger charge is 2.04. The number of nitrogens with zero attached hydrogens (tertiary/aromatic N) is 2. The first-order chi connectivity index (χ1) is 9.69. The van der Waals surface area contributed by atoms with Gasteiger partial charge in [0.2, 0.25) is 5.88 Å². The first-order valence-electron chi connectivity index (χ1n) is 6.66. The van der Waals surface area contributed by atoms with Gasteiger partial charge in [-0.15, -0.1) is 5.10 Å². The van der Waals surface area contributed by atoms with Crippen LogP contribution in [0, 0.1) is 6.92 Å². The first-order valence-corrected chi connectivity index (χ1v) is 7.45. The van der Waals surface area contributed by atoms with Crippen LogP contribution in [0.4, 0.5) is 0 Å². The quantitative estimate of drug-likeness (QED) is 0.814. The minimum atomic E-state index is 0.494. The molecule has 4 nitrogen and oxygen atoms in total. The number of aromatic nitrogens is 2. The molecule has 1 aromatic heterocycles. The van der Waals surface area contributed by atoms with Gasteiger partial charge in [-0.3, -0.25) is 0 Å². The molecule has 0 radical (unpaired) electrons. The van der Waals surface area contributed by atoms with Crippen LogP contribution in [0.2, 0.25) is 0 Å². The Balaban J connectivity index is 1.99. The molecule has 0 spiro atoms. The molecule has 106 valence electrons. The van der Waals surface area contributed by atoms with E-state index in [0.29, 0.717) is 5.88 Å². The van der Waals surface area contributed by atoms with Gasteiger partial charge in [0.05, 0.1) is 10.2 Å². The summed E-state index contributed by atoms with van der Waals surface area (Å²) < 4.78 is 6.61. The lowest BCUT2D eigenvalue weighted by molar-refractivity contribution is 0.450. The van der Waals surface area contributed by atoms with Crippen molar-refractivity contribution in [1.82, 2.24) is 15.5 Å². The lowest BCUT2D eigenvalue weighted by Gasteiger charge is -2.07. The Labute approximate surface area is 127 Å². The van der Waals surface area contributed by atoms with Gasteiger partial charge in [-0.25, -0.2) is 0 Å². The van der Waals surface area contributed by atoms with E-state index in [0.717, 1.165) is 35.4 Å². The summed E-state index contributed by atoms with van der Waals surface area (Å²) in [6.07, 6.45) is 1.11. The summed E-state index contributed by atoms with van der Waals surface area (Å²) in [5.41, 5.74) is 2.08. The lowest BCUT2D eigenvalue weighted by atomic mass is 10.2. The van der Waals surface area contributed by atoms with Gasteiger partial charge in [-0.2, -0.15) is 5.10 Å². The second-order valence-electron chi connectivity index (χ2n) is 4.58. The fourth-order valence-electron chi connectivity index (χ4n) is 1.69. The van der Waals surface area contributed by atoms with Crippen molar-refractivity contribution in [2.24, 2.45) is 0 Å². The van der Waals surface area contributed by atoms with Crippen molar-refractivity contribution in [1.29, 1.82) is 0 Å². The summed E-state index contributed by atoms with van der Waals surface area (Å²) >= 11 is 3.48. The predicted molar refractivity (Wildman–Crippen MR) is 83.0 cm³/mol. The Morgan fingerprint density at radius 1 is 1.20 bits per heavy atom. The van der Waals surface area contributed by atoms with Gasteiger partial charge >= 0.3 is 0 Å². The summed E-state index contributed by atoms with van der Waals surface area (Å²) in [5, 5.41) is 11.5. The van der Waals surface area contributed by atoms with Crippen LogP contribution in [0.5, 0.6) is 11.6 Å². The molecular weight excluding hydrogens is 318 g/mol. The molecule has 0 aliphatic heterocycles. The SMILES string of the molecule is CCCNCc1ccc(Oc2ccc(C)cc2Br)nn1. The third-order valence-corrected chi connectivity index (χ3v) is 3.35. The van der Waals surface area contributed by atoms with Gasteiger partial charge in [-0.1, -0.05) is 13.0 Å². The highest BCUT2D eigenvalue weighted by Crippen LogP contribution is 2.29. The van der Waals surface area contributed by atoms with E-state index in [1.54, 1.807) is 0 Å². The third kappa shape index (κ3) is 4.28. The Morgan fingerprint density at radius 3 is 2.70 bits per heavy atom. The van der Waals surface area contributed by atoms with Crippen molar-refractivity contribution in [3.8, 4) is 11.6 Å². The van der Waals surface area contributed by atoms with Crippen LogP contribution < -0.4 is 10.1 Å². The minimum Gasteiger partial charge on any atom is -0.436 e. The van der Waals surface area contributed by atoms with E-state index in [9.17, 15) is 0 Å². The molecule has 0 aliphatic rings. The molecule has 0 saturated carbocycles. The number of rotatable bonds is 6. The number of nitrogens with one attached hydrogen (secondary N) is 1. The fourth-order valence-corrected chi connectivity index (χ4v) is 2.27. The summed E-state index contributed by atoms with van der Waals surface area (Å²) in [4.78, 5) is 0. The predicted octanol–water partition coefficient (Wildman–Crippen LogP) is 3.84. The summed E-state index contributed by atoms with van der Waals surface area (Å²) in [7, 11) is 0. The van der Waals surface area contributed by atoms with Crippen LogP contribution in [0.1, 0.15) is 24.6 Å². The molecule has 1 aromatic carbocycles. The molecule has 0 saturated heterocycles. The average Bonchev–Trinajstić information content (AvgIpc) is 2.44. The molecule has 0 amide bonds. The zero-order valence-electron chi connectivity index (χ0n) is 11.7. The van der Waals surface area contributed by atoms with E-state index in [-0.39, 0.29) is 0 Å². The van der Waals surface area contributed by atoms with Crippen LogP contribution in [0.15, 0.2) is 34.8 Å². The maximum atomic E-state index is 5.70. The van der Waals surface area contributed by atoms with E-state index in [2.05, 4.69) is 38.4 Å². The van der Waals surface area contributed by atoms with Gasteiger partial charge in [0.25, 0.3) is 0 Å². The molecule has 2 aromatic rings. The van der Waals surface area contributed by atoms with Crippen LogP contribution in [0.25, 0.3) is 0 Å². The molecular formula is C15H18BrN3O. The second kappa shape index (κ2) is 7.36. The zero-order chi connectivity index (χ0) is 14.4. The Bertz CT molecular complexity index is 558. The number of hydrogen-bond donors (Lipinski definition) is 1. The van der Waals surface area contributed by atoms with Crippen molar-refractivity contribution in [3.63, 3.8) is 0 Å². The number of hydrogen-bond acceptors (Lipinski definition) is 4. The number of benzene rings is 1. The minimum absolute atomic E-state index is 0.494. The average molecular weight is 336 g/mol. The highest BCUT2D eigenvalue weighted by molar-refractivity contribution is 9.10. The van der Waals surface area contributed by atoms with Crippen molar-refractivity contribution in [2.75, 3.05) is 6.54 Å². The van der Waals surface area contributed by atoms with Crippen molar-refractivity contribution in [2.45, 2.75) is 26.8 Å². The van der Waals surface area contributed by atoms with Gasteiger partial charge in [0.15, 0.2) is 0 Å². The largest absolute Gasteiger partial charge is 0.436 e. The van der Waals surface area contributed by atoms with Crippen molar-refractivity contribution in [3.05, 3.63) is 46.1 Å². The molecule has 1 heterocycles. The van der Waals surface area contributed by atoms with E-state index < -0.39 is 0 Å². The summed E-state index contributed by atoms with van der Waals surface area (Å²) in [6, 6.07) is 9.68. The van der Waals surface area contributed by atoms with E-state index in [1.807, 2.05) is 37.3 Å². The maximum Gasteiger partial charge on any atom is 0.238 e.